The van der Waals surface area contributed by atoms with E-state index < -0.39 is 0 Å². The molecule has 0 saturated carbocycles. The van der Waals surface area contributed by atoms with Crippen LogP contribution in [-0.2, 0) is 6.42 Å². The van der Waals surface area contributed by atoms with Gasteiger partial charge in [0.15, 0.2) is 0 Å². The van der Waals surface area contributed by atoms with Crippen molar-refractivity contribution in [3.8, 4) is 0 Å². The lowest BCUT2D eigenvalue weighted by molar-refractivity contribution is 0.571. The molecule has 0 saturated heterocycles. The van der Waals surface area contributed by atoms with Gasteiger partial charge in [0, 0.05) is 29.0 Å². The Labute approximate surface area is 101 Å². The molecule has 1 rings (SSSR count). The van der Waals surface area contributed by atoms with Crippen molar-refractivity contribution >= 4 is 23.1 Å². The zero-order valence-corrected chi connectivity index (χ0v) is 10.9. The van der Waals surface area contributed by atoms with Gasteiger partial charge in [0.1, 0.15) is 0 Å². The van der Waals surface area contributed by atoms with Crippen LogP contribution in [0.4, 0.5) is 0 Å². The van der Waals surface area contributed by atoms with Gasteiger partial charge in [-0.1, -0.05) is 12.1 Å². The molecule has 3 heteroatoms. The number of thiophene rings is 1. The first-order valence-electron chi connectivity index (χ1n) is 5.27. The highest BCUT2D eigenvalue weighted by Crippen LogP contribution is 2.10. The Morgan fingerprint density at radius 2 is 2.53 bits per heavy atom. The van der Waals surface area contributed by atoms with Crippen molar-refractivity contribution < 1.29 is 0 Å². The monoisotopic (exact) mass is 241 g/mol. The molecule has 0 spiro atoms. The van der Waals surface area contributed by atoms with E-state index in [2.05, 4.69) is 36.3 Å². The Morgan fingerprint density at radius 3 is 3.20 bits per heavy atom. The second-order valence-electron chi connectivity index (χ2n) is 3.50. The first-order valence-corrected chi connectivity index (χ1v) is 7.30. The number of rotatable bonds is 8. The molecule has 1 aromatic heterocycles. The highest BCUT2D eigenvalue weighted by molar-refractivity contribution is 7.99. The summed E-state index contributed by atoms with van der Waals surface area (Å²) in [4.78, 5) is 1.47. The fourth-order valence-corrected chi connectivity index (χ4v) is 2.78. The van der Waals surface area contributed by atoms with E-state index in [1.165, 1.54) is 10.6 Å². The van der Waals surface area contributed by atoms with Crippen LogP contribution in [0, 0.1) is 0 Å². The minimum atomic E-state index is 0.577. The molecule has 0 aliphatic heterocycles. The maximum Gasteiger partial charge on any atom is 0.0111 e. The zero-order valence-electron chi connectivity index (χ0n) is 9.24. The first kappa shape index (κ1) is 12.8. The van der Waals surface area contributed by atoms with Crippen LogP contribution in [0.25, 0.3) is 0 Å². The standard InChI is InChI=1S/C12H19NS2/c1-3-7-14-9-6-13-11(2)10-12-5-4-8-15-12/h3-5,8,11,13H,1,6-7,9-10H2,2H3. The molecule has 0 radical (unpaired) electrons. The average Bonchev–Trinajstić information content (AvgIpc) is 2.70. The molecule has 1 atom stereocenters. The van der Waals surface area contributed by atoms with Gasteiger partial charge in [-0.3, -0.25) is 0 Å². The molecular formula is C12H19NS2. The predicted molar refractivity (Wildman–Crippen MR) is 73.0 cm³/mol. The van der Waals surface area contributed by atoms with Crippen LogP contribution in [-0.4, -0.2) is 24.1 Å². The number of nitrogens with one attached hydrogen (secondary N) is 1. The zero-order chi connectivity index (χ0) is 10.9. The molecule has 1 nitrogen and oxygen atoms in total. The summed E-state index contributed by atoms with van der Waals surface area (Å²) in [5.41, 5.74) is 0. The summed E-state index contributed by atoms with van der Waals surface area (Å²) in [5.74, 6) is 2.22. The first-order chi connectivity index (χ1) is 7.33. The fraction of sp³-hybridized carbons (Fsp3) is 0.500. The van der Waals surface area contributed by atoms with E-state index in [1.54, 1.807) is 0 Å². The molecule has 0 bridgehead atoms. The fourth-order valence-electron chi connectivity index (χ4n) is 1.35. The van der Waals surface area contributed by atoms with Crippen LogP contribution < -0.4 is 5.32 Å². The Balaban J connectivity index is 2.03. The maximum atomic E-state index is 3.70. The molecule has 1 unspecified atom stereocenters. The summed E-state index contributed by atoms with van der Waals surface area (Å²) in [7, 11) is 0. The van der Waals surface area contributed by atoms with Crippen LogP contribution in [0.1, 0.15) is 11.8 Å². The maximum absolute atomic E-state index is 3.70. The third kappa shape index (κ3) is 6.03. The lowest BCUT2D eigenvalue weighted by Crippen LogP contribution is -2.29. The lowest BCUT2D eigenvalue weighted by atomic mass is 10.2. The van der Waals surface area contributed by atoms with Gasteiger partial charge in [0.25, 0.3) is 0 Å². The highest BCUT2D eigenvalue weighted by atomic mass is 32.2. The van der Waals surface area contributed by atoms with Gasteiger partial charge in [-0.25, -0.2) is 0 Å². The summed E-state index contributed by atoms with van der Waals surface area (Å²) in [6.07, 6.45) is 3.10. The number of thioether (sulfide) groups is 1. The third-order valence-corrected chi connectivity index (χ3v) is 3.93. The smallest absolute Gasteiger partial charge is 0.0111 e. The van der Waals surface area contributed by atoms with Crippen molar-refractivity contribution in [2.24, 2.45) is 0 Å². The van der Waals surface area contributed by atoms with Crippen molar-refractivity contribution in [1.29, 1.82) is 0 Å². The van der Waals surface area contributed by atoms with Crippen molar-refractivity contribution in [2.45, 2.75) is 19.4 Å². The molecule has 1 heterocycles. The van der Waals surface area contributed by atoms with E-state index >= 15 is 0 Å². The molecule has 15 heavy (non-hydrogen) atoms. The third-order valence-electron chi connectivity index (χ3n) is 2.06. The SMILES string of the molecule is C=CCSCCNC(C)Cc1cccs1. The minimum Gasteiger partial charge on any atom is -0.313 e. The van der Waals surface area contributed by atoms with Gasteiger partial charge in [0.2, 0.25) is 0 Å². The summed E-state index contributed by atoms with van der Waals surface area (Å²) < 4.78 is 0. The van der Waals surface area contributed by atoms with E-state index in [0.29, 0.717) is 6.04 Å². The average molecular weight is 241 g/mol. The van der Waals surface area contributed by atoms with Crippen molar-refractivity contribution in [3.05, 3.63) is 35.0 Å². The van der Waals surface area contributed by atoms with Crippen LogP contribution in [0.5, 0.6) is 0 Å². The number of hydrogen-bond donors (Lipinski definition) is 1. The summed E-state index contributed by atoms with van der Waals surface area (Å²) in [6, 6.07) is 4.90. The normalized spacial score (nSPS) is 12.6. The van der Waals surface area contributed by atoms with Gasteiger partial charge in [-0.05, 0) is 24.8 Å². The van der Waals surface area contributed by atoms with E-state index in [-0.39, 0.29) is 0 Å². The van der Waals surface area contributed by atoms with Gasteiger partial charge >= 0.3 is 0 Å². The number of hydrogen-bond acceptors (Lipinski definition) is 3. The van der Waals surface area contributed by atoms with Crippen LogP contribution in [0.15, 0.2) is 30.2 Å². The second kappa shape index (κ2) is 7.97. The van der Waals surface area contributed by atoms with E-state index in [0.717, 1.165) is 18.7 Å². The summed E-state index contributed by atoms with van der Waals surface area (Å²) in [5, 5.41) is 5.67. The molecule has 0 aliphatic carbocycles. The van der Waals surface area contributed by atoms with Gasteiger partial charge in [0.05, 0.1) is 0 Å². The summed E-state index contributed by atoms with van der Waals surface area (Å²) >= 11 is 3.77. The van der Waals surface area contributed by atoms with Crippen LogP contribution in [0.2, 0.25) is 0 Å². The predicted octanol–water partition coefficient (Wildman–Crippen LogP) is 3.19. The molecule has 84 valence electrons. The molecule has 0 aliphatic rings. The lowest BCUT2D eigenvalue weighted by Gasteiger charge is -2.12. The topological polar surface area (TPSA) is 12.0 Å². The Hall–Kier alpha value is -0.250. The van der Waals surface area contributed by atoms with E-state index in [4.69, 9.17) is 0 Å². The quantitative estimate of drug-likeness (QED) is 0.554. The Morgan fingerprint density at radius 1 is 1.67 bits per heavy atom. The van der Waals surface area contributed by atoms with Gasteiger partial charge in [-0.15, -0.1) is 17.9 Å². The molecule has 0 amide bonds. The molecule has 1 N–H and O–H groups in total. The molecule has 0 aromatic carbocycles. The Kier molecular flexibility index (Phi) is 6.81. The highest BCUT2D eigenvalue weighted by Gasteiger charge is 2.02. The van der Waals surface area contributed by atoms with Crippen molar-refractivity contribution in [2.75, 3.05) is 18.1 Å². The molecule has 1 aromatic rings. The largest absolute Gasteiger partial charge is 0.313 e. The van der Waals surface area contributed by atoms with Gasteiger partial charge < -0.3 is 5.32 Å². The van der Waals surface area contributed by atoms with E-state index in [1.807, 2.05) is 29.2 Å². The minimum absolute atomic E-state index is 0.577. The van der Waals surface area contributed by atoms with Crippen LogP contribution in [0.3, 0.4) is 0 Å². The molecule has 0 fully saturated rings. The molecular weight excluding hydrogens is 222 g/mol. The van der Waals surface area contributed by atoms with E-state index in [9.17, 15) is 0 Å². The van der Waals surface area contributed by atoms with Gasteiger partial charge in [-0.2, -0.15) is 11.8 Å². The van der Waals surface area contributed by atoms with Crippen molar-refractivity contribution in [3.63, 3.8) is 0 Å². The van der Waals surface area contributed by atoms with Crippen molar-refractivity contribution in [1.82, 2.24) is 5.32 Å². The Bertz CT molecular complexity index is 257. The van der Waals surface area contributed by atoms with Crippen LogP contribution >= 0.6 is 23.1 Å². The second-order valence-corrected chi connectivity index (χ2v) is 5.68. The summed E-state index contributed by atoms with van der Waals surface area (Å²) in [6.45, 7) is 7.04.